The monoisotopic (exact) mass is 434 g/mol. The molecule has 1 N–H and O–H groups in total. The van der Waals surface area contributed by atoms with Gasteiger partial charge in [0.2, 0.25) is 5.91 Å². The number of rotatable bonds is 7. The van der Waals surface area contributed by atoms with E-state index in [-0.39, 0.29) is 11.8 Å². The topological polar surface area (TPSA) is 58.6 Å². The number of piperidine rings is 1. The Kier molecular flexibility index (Phi) is 7.78. The molecule has 1 fully saturated rings. The molecule has 2 aromatic carbocycles. The van der Waals surface area contributed by atoms with Crippen LogP contribution in [-0.2, 0) is 4.79 Å². The van der Waals surface area contributed by atoms with E-state index in [0.29, 0.717) is 46.5 Å². The highest BCUT2D eigenvalue weighted by Gasteiger charge is 2.18. The van der Waals surface area contributed by atoms with Crippen LogP contribution in [0, 0.1) is 0 Å². The Bertz CT molecular complexity index is 850. The van der Waals surface area contributed by atoms with E-state index < -0.39 is 0 Å². The fourth-order valence-corrected chi connectivity index (χ4v) is 3.67. The predicted molar refractivity (Wildman–Crippen MR) is 116 cm³/mol. The van der Waals surface area contributed by atoms with Crippen LogP contribution in [-0.4, -0.2) is 36.4 Å². The normalized spacial score (nSPS) is 13.8. The summed E-state index contributed by atoms with van der Waals surface area (Å²) in [5.41, 5.74) is 1.32. The first-order chi connectivity index (χ1) is 14.0. The van der Waals surface area contributed by atoms with E-state index in [4.69, 9.17) is 27.9 Å². The summed E-state index contributed by atoms with van der Waals surface area (Å²) in [4.78, 5) is 26.5. The molecule has 0 unspecified atom stereocenters. The van der Waals surface area contributed by atoms with Crippen molar-refractivity contribution >= 4 is 40.7 Å². The Balaban J connectivity index is 1.41. The van der Waals surface area contributed by atoms with Crippen molar-refractivity contribution in [3.8, 4) is 5.75 Å². The number of amides is 2. The molecular weight excluding hydrogens is 411 g/mol. The van der Waals surface area contributed by atoms with Gasteiger partial charge in [0, 0.05) is 35.8 Å². The first-order valence-corrected chi connectivity index (χ1v) is 10.6. The summed E-state index contributed by atoms with van der Waals surface area (Å²) < 4.78 is 5.58. The van der Waals surface area contributed by atoms with Crippen molar-refractivity contribution in [3.63, 3.8) is 0 Å². The number of hydrogen-bond acceptors (Lipinski definition) is 3. The molecule has 2 amide bonds. The van der Waals surface area contributed by atoms with Gasteiger partial charge in [-0.1, -0.05) is 23.2 Å². The minimum atomic E-state index is -0.106. The summed E-state index contributed by atoms with van der Waals surface area (Å²) in [5, 5.41) is 3.83. The van der Waals surface area contributed by atoms with Crippen LogP contribution in [0.4, 0.5) is 5.69 Å². The summed E-state index contributed by atoms with van der Waals surface area (Å²) in [7, 11) is 0. The van der Waals surface area contributed by atoms with Crippen LogP contribution in [0.5, 0.6) is 5.75 Å². The lowest BCUT2D eigenvalue weighted by molar-refractivity contribution is -0.116. The summed E-state index contributed by atoms with van der Waals surface area (Å²) in [6, 6.07) is 12.1. The first kappa shape index (κ1) is 21.5. The zero-order valence-corrected chi connectivity index (χ0v) is 17.6. The van der Waals surface area contributed by atoms with Gasteiger partial charge in [-0.05, 0) is 68.1 Å². The smallest absolute Gasteiger partial charge is 0.253 e. The van der Waals surface area contributed by atoms with Crippen LogP contribution in [0.2, 0.25) is 10.0 Å². The molecule has 154 valence electrons. The molecule has 1 heterocycles. The molecule has 7 heteroatoms. The van der Waals surface area contributed by atoms with Gasteiger partial charge < -0.3 is 15.0 Å². The molecule has 1 aliphatic rings. The van der Waals surface area contributed by atoms with Crippen LogP contribution in [0.15, 0.2) is 42.5 Å². The van der Waals surface area contributed by atoms with E-state index in [1.165, 1.54) is 6.42 Å². The number of hydrogen-bond donors (Lipinski definition) is 1. The van der Waals surface area contributed by atoms with Gasteiger partial charge in [-0.2, -0.15) is 0 Å². The van der Waals surface area contributed by atoms with Crippen LogP contribution in [0.3, 0.4) is 0 Å². The third-order valence-electron chi connectivity index (χ3n) is 4.76. The maximum Gasteiger partial charge on any atom is 0.253 e. The van der Waals surface area contributed by atoms with Crippen LogP contribution >= 0.6 is 23.2 Å². The molecule has 0 spiro atoms. The summed E-state index contributed by atoms with van der Waals surface area (Å²) in [6.07, 6.45) is 4.18. The van der Waals surface area contributed by atoms with Crippen LogP contribution in [0.1, 0.15) is 42.5 Å². The van der Waals surface area contributed by atoms with Gasteiger partial charge in [0.25, 0.3) is 5.91 Å². The second-order valence-electron chi connectivity index (χ2n) is 7.01. The minimum absolute atomic E-state index is 0.0561. The standard InChI is InChI=1S/C22H24Cl2N2O3/c23-17-8-11-20(19(24)15-17)29-14-4-5-21(27)25-18-9-6-16(7-10-18)22(28)26-12-2-1-3-13-26/h6-11,15H,1-5,12-14H2,(H,25,27). The van der Waals surface area contributed by atoms with E-state index in [0.717, 1.165) is 25.9 Å². The SMILES string of the molecule is O=C(CCCOc1ccc(Cl)cc1Cl)Nc1ccc(C(=O)N2CCCCC2)cc1. The van der Waals surface area contributed by atoms with Crippen molar-refractivity contribution in [2.45, 2.75) is 32.1 Å². The van der Waals surface area contributed by atoms with Gasteiger partial charge in [0.05, 0.1) is 11.6 Å². The Morgan fingerprint density at radius 3 is 2.41 bits per heavy atom. The lowest BCUT2D eigenvalue weighted by Gasteiger charge is -2.26. The van der Waals surface area contributed by atoms with Gasteiger partial charge in [-0.25, -0.2) is 0 Å². The summed E-state index contributed by atoms with van der Waals surface area (Å²) >= 11 is 11.9. The minimum Gasteiger partial charge on any atom is -0.492 e. The molecule has 0 radical (unpaired) electrons. The van der Waals surface area contributed by atoms with Crippen LogP contribution in [0.25, 0.3) is 0 Å². The van der Waals surface area contributed by atoms with Crippen molar-refractivity contribution in [2.75, 3.05) is 25.0 Å². The molecule has 5 nitrogen and oxygen atoms in total. The number of halogens is 2. The number of anilines is 1. The predicted octanol–water partition coefficient (Wildman–Crippen LogP) is 5.42. The average Bonchev–Trinajstić information content (AvgIpc) is 2.73. The Labute approximate surface area is 180 Å². The highest BCUT2D eigenvalue weighted by molar-refractivity contribution is 6.35. The van der Waals surface area contributed by atoms with Crippen molar-refractivity contribution < 1.29 is 14.3 Å². The molecule has 0 saturated carbocycles. The highest BCUT2D eigenvalue weighted by Crippen LogP contribution is 2.27. The summed E-state index contributed by atoms with van der Waals surface area (Å²) in [5.74, 6) is 0.497. The van der Waals surface area contributed by atoms with Gasteiger partial charge in [0.1, 0.15) is 5.75 Å². The van der Waals surface area contributed by atoms with E-state index in [2.05, 4.69) is 5.32 Å². The van der Waals surface area contributed by atoms with E-state index >= 15 is 0 Å². The molecular formula is C22H24Cl2N2O3. The largest absolute Gasteiger partial charge is 0.492 e. The van der Waals surface area contributed by atoms with E-state index in [1.807, 2.05) is 4.90 Å². The first-order valence-electron chi connectivity index (χ1n) is 9.80. The maximum atomic E-state index is 12.5. The van der Waals surface area contributed by atoms with Crippen molar-refractivity contribution in [3.05, 3.63) is 58.1 Å². The van der Waals surface area contributed by atoms with Gasteiger partial charge in [-0.15, -0.1) is 0 Å². The number of carbonyl (C=O) groups excluding carboxylic acids is 2. The van der Waals surface area contributed by atoms with E-state index in [9.17, 15) is 9.59 Å². The fourth-order valence-electron chi connectivity index (χ4n) is 3.21. The molecule has 0 bridgehead atoms. The second-order valence-corrected chi connectivity index (χ2v) is 7.85. The number of ether oxygens (including phenoxy) is 1. The van der Waals surface area contributed by atoms with Crippen molar-refractivity contribution in [2.24, 2.45) is 0 Å². The molecule has 3 rings (SSSR count). The molecule has 0 atom stereocenters. The van der Waals surface area contributed by atoms with Crippen LogP contribution < -0.4 is 10.1 Å². The third-order valence-corrected chi connectivity index (χ3v) is 5.29. The van der Waals surface area contributed by atoms with E-state index in [1.54, 1.807) is 42.5 Å². The Morgan fingerprint density at radius 2 is 1.72 bits per heavy atom. The summed E-state index contributed by atoms with van der Waals surface area (Å²) in [6.45, 7) is 2.01. The Morgan fingerprint density at radius 1 is 1.00 bits per heavy atom. The number of benzene rings is 2. The molecule has 29 heavy (non-hydrogen) atoms. The second kappa shape index (κ2) is 10.5. The molecule has 1 saturated heterocycles. The van der Waals surface area contributed by atoms with Gasteiger partial charge >= 0.3 is 0 Å². The lowest BCUT2D eigenvalue weighted by atomic mass is 10.1. The number of nitrogens with one attached hydrogen (secondary N) is 1. The lowest BCUT2D eigenvalue weighted by Crippen LogP contribution is -2.35. The number of nitrogens with zero attached hydrogens (tertiary/aromatic N) is 1. The molecule has 0 aromatic heterocycles. The van der Waals surface area contributed by atoms with Gasteiger partial charge in [0.15, 0.2) is 0 Å². The number of likely N-dealkylation sites (tertiary alicyclic amines) is 1. The third kappa shape index (κ3) is 6.38. The number of carbonyl (C=O) groups is 2. The highest BCUT2D eigenvalue weighted by atomic mass is 35.5. The zero-order chi connectivity index (χ0) is 20.6. The fraction of sp³-hybridized carbons (Fsp3) is 0.364. The molecule has 2 aromatic rings. The maximum absolute atomic E-state index is 12.5. The quantitative estimate of drug-likeness (QED) is 0.591. The zero-order valence-electron chi connectivity index (χ0n) is 16.1. The van der Waals surface area contributed by atoms with Crippen molar-refractivity contribution in [1.29, 1.82) is 0 Å². The molecule has 1 aliphatic heterocycles. The van der Waals surface area contributed by atoms with Crippen molar-refractivity contribution in [1.82, 2.24) is 4.90 Å². The average molecular weight is 435 g/mol. The molecule has 0 aliphatic carbocycles. The van der Waals surface area contributed by atoms with Gasteiger partial charge in [-0.3, -0.25) is 9.59 Å². The Hall–Kier alpha value is -2.24.